The quantitative estimate of drug-likeness (QED) is 0.546. The fraction of sp³-hybridized carbons (Fsp3) is 0.0435. The van der Waals surface area contributed by atoms with Crippen LogP contribution in [0.2, 0.25) is 0 Å². The van der Waals surface area contributed by atoms with Gasteiger partial charge in [0, 0.05) is 17.0 Å². The van der Waals surface area contributed by atoms with E-state index in [1.54, 1.807) is 12.1 Å². The molecular weight excluding hydrogens is 338 g/mol. The van der Waals surface area contributed by atoms with Crippen LogP contribution >= 0.6 is 0 Å². The molecule has 0 amide bonds. The standard InChI is InChI=1S/C23H17NO3/c25-22-14-20(19-8-4-5-9-21(19)24-22)23(26)27-15-16-10-12-18(13-11-16)17-6-2-1-3-7-17/h1-14H,15H2,(H,24,25). The molecule has 0 atom stereocenters. The maximum Gasteiger partial charge on any atom is 0.339 e. The van der Waals surface area contributed by atoms with Gasteiger partial charge in [0.1, 0.15) is 6.61 Å². The summed E-state index contributed by atoms with van der Waals surface area (Å²) >= 11 is 0. The smallest absolute Gasteiger partial charge is 0.339 e. The van der Waals surface area contributed by atoms with Gasteiger partial charge >= 0.3 is 5.97 Å². The van der Waals surface area contributed by atoms with Crippen LogP contribution in [0.5, 0.6) is 0 Å². The second kappa shape index (κ2) is 7.30. The molecule has 27 heavy (non-hydrogen) atoms. The molecule has 1 heterocycles. The predicted octanol–water partition coefficient (Wildman–Crippen LogP) is 4.55. The minimum atomic E-state index is -0.510. The summed E-state index contributed by atoms with van der Waals surface area (Å²) in [4.78, 5) is 27.0. The van der Waals surface area contributed by atoms with Crippen molar-refractivity contribution in [1.82, 2.24) is 4.98 Å². The summed E-state index contributed by atoms with van der Waals surface area (Å²) in [5.74, 6) is -0.510. The summed E-state index contributed by atoms with van der Waals surface area (Å²) in [5, 5.41) is 0.668. The number of esters is 1. The Bertz CT molecular complexity index is 1150. The molecule has 0 aliphatic rings. The molecule has 4 heteroatoms. The summed E-state index contributed by atoms with van der Waals surface area (Å²) in [6, 6.07) is 26.4. The number of pyridine rings is 1. The molecule has 1 N–H and O–H groups in total. The monoisotopic (exact) mass is 355 g/mol. The van der Waals surface area contributed by atoms with Gasteiger partial charge in [0.15, 0.2) is 0 Å². The second-order valence-electron chi connectivity index (χ2n) is 6.23. The fourth-order valence-corrected chi connectivity index (χ4v) is 3.02. The van der Waals surface area contributed by atoms with E-state index in [2.05, 4.69) is 4.98 Å². The van der Waals surface area contributed by atoms with Crippen LogP contribution in [0.3, 0.4) is 0 Å². The Morgan fingerprint density at radius 1 is 0.815 bits per heavy atom. The van der Waals surface area contributed by atoms with E-state index in [4.69, 9.17) is 4.74 Å². The molecule has 0 spiro atoms. The SMILES string of the molecule is O=C(OCc1ccc(-c2ccccc2)cc1)c1cc(=O)[nH]c2ccccc12. The number of ether oxygens (including phenoxy) is 1. The lowest BCUT2D eigenvalue weighted by Gasteiger charge is -2.08. The summed E-state index contributed by atoms with van der Waals surface area (Å²) < 4.78 is 5.43. The van der Waals surface area contributed by atoms with Crippen LogP contribution in [0, 0.1) is 0 Å². The molecule has 0 fully saturated rings. The number of carbonyl (C=O) groups is 1. The summed E-state index contributed by atoms with van der Waals surface area (Å²) in [6.45, 7) is 0.148. The molecule has 0 radical (unpaired) electrons. The normalized spacial score (nSPS) is 10.7. The van der Waals surface area contributed by atoms with Gasteiger partial charge in [-0.2, -0.15) is 0 Å². The molecule has 0 aliphatic carbocycles. The maximum atomic E-state index is 12.5. The van der Waals surface area contributed by atoms with Gasteiger partial charge in [0.2, 0.25) is 5.56 Å². The highest BCUT2D eigenvalue weighted by molar-refractivity contribution is 6.03. The predicted molar refractivity (Wildman–Crippen MR) is 106 cm³/mol. The molecular formula is C23H17NO3. The molecule has 0 saturated heterocycles. The number of rotatable bonds is 4. The van der Waals surface area contributed by atoms with E-state index in [1.165, 1.54) is 6.07 Å². The van der Waals surface area contributed by atoms with E-state index in [-0.39, 0.29) is 17.7 Å². The number of aromatic amines is 1. The molecule has 4 nitrogen and oxygen atoms in total. The van der Waals surface area contributed by atoms with Gasteiger partial charge in [-0.1, -0.05) is 72.8 Å². The molecule has 0 aliphatic heterocycles. The van der Waals surface area contributed by atoms with Crippen LogP contribution in [0.25, 0.3) is 22.0 Å². The molecule has 4 rings (SSSR count). The van der Waals surface area contributed by atoms with Gasteiger partial charge in [0.25, 0.3) is 0 Å². The number of aromatic nitrogens is 1. The zero-order valence-electron chi connectivity index (χ0n) is 14.5. The molecule has 0 saturated carbocycles. The van der Waals surface area contributed by atoms with Crippen molar-refractivity contribution >= 4 is 16.9 Å². The highest BCUT2D eigenvalue weighted by Gasteiger charge is 2.13. The van der Waals surface area contributed by atoms with Gasteiger partial charge in [-0.3, -0.25) is 4.79 Å². The number of carbonyl (C=O) groups excluding carboxylic acids is 1. The van der Waals surface area contributed by atoms with E-state index < -0.39 is 5.97 Å². The number of hydrogen-bond donors (Lipinski definition) is 1. The summed E-state index contributed by atoms with van der Waals surface area (Å²) in [7, 11) is 0. The van der Waals surface area contributed by atoms with E-state index in [9.17, 15) is 9.59 Å². The fourth-order valence-electron chi connectivity index (χ4n) is 3.02. The third kappa shape index (κ3) is 3.65. The van der Waals surface area contributed by atoms with Crippen molar-refractivity contribution in [3.63, 3.8) is 0 Å². The lowest BCUT2D eigenvalue weighted by molar-refractivity contribution is 0.0475. The van der Waals surface area contributed by atoms with Crippen LogP contribution in [0.15, 0.2) is 89.7 Å². The first-order valence-corrected chi connectivity index (χ1v) is 8.64. The van der Waals surface area contributed by atoms with Crippen molar-refractivity contribution in [1.29, 1.82) is 0 Å². The molecule has 0 unspecified atom stereocenters. The highest BCUT2D eigenvalue weighted by atomic mass is 16.5. The van der Waals surface area contributed by atoms with E-state index in [0.29, 0.717) is 10.9 Å². The molecule has 4 aromatic rings. The number of H-pyrrole nitrogens is 1. The Labute approximate surface area is 156 Å². The molecule has 1 aromatic heterocycles. The zero-order valence-corrected chi connectivity index (χ0v) is 14.5. The first-order chi connectivity index (χ1) is 13.2. The molecule has 0 bridgehead atoms. The van der Waals surface area contributed by atoms with Gasteiger partial charge < -0.3 is 9.72 Å². The first kappa shape index (κ1) is 16.8. The second-order valence-corrected chi connectivity index (χ2v) is 6.23. The minimum absolute atomic E-state index is 0.148. The number of benzene rings is 3. The Hall–Kier alpha value is -3.66. The third-order valence-corrected chi connectivity index (χ3v) is 4.40. The number of nitrogens with one attached hydrogen (secondary N) is 1. The average molecular weight is 355 g/mol. The van der Waals surface area contributed by atoms with Gasteiger partial charge in [0.05, 0.1) is 5.56 Å². The summed E-state index contributed by atoms with van der Waals surface area (Å²) in [5.41, 5.74) is 3.69. The zero-order chi connectivity index (χ0) is 18.6. The van der Waals surface area contributed by atoms with Crippen LogP contribution in [-0.2, 0) is 11.3 Å². The number of para-hydroxylation sites is 1. The number of fused-ring (bicyclic) bond motifs is 1. The van der Waals surface area contributed by atoms with Gasteiger partial charge in [-0.25, -0.2) is 4.79 Å². The van der Waals surface area contributed by atoms with Gasteiger partial charge in [-0.05, 0) is 22.8 Å². The van der Waals surface area contributed by atoms with Crippen LogP contribution in [0.1, 0.15) is 15.9 Å². The average Bonchev–Trinajstić information content (AvgIpc) is 2.72. The minimum Gasteiger partial charge on any atom is -0.457 e. The van der Waals surface area contributed by atoms with Crippen molar-refractivity contribution in [2.45, 2.75) is 6.61 Å². The first-order valence-electron chi connectivity index (χ1n) is 8.64. The van der Waals surface area contributed by atoms with E-state index >= 15 is 0 Å². The highest BCUT2D eigenvalue weighted by Crippen LogP contribution is 2.20. The van der Waals surface area contributed by atoms with Crippen LogP contribution < -0.4 is 5.56 Å². The lowest BCUT2D eigenvalue weighted by Crippen LogP contribution is -2.12. The van der Waals surface area contributed by atoms with Crippen molar-refractivity contribution in [3.05, 3.63) is 106 Å². The number of hydrogen-bond acceptors (Lipinski definition) is 3. The lowest BCUT2D eigenvalue weighted by atomic mass is 10.0. The maximum absolute atomic E-state index is 12.5. The Morgan fingerprint density at radius 3 is 2.26 bits per heavy atom. The van der Waals surface area contributed by atoms with Gasteiger partial charge in [-0.15, -0.1) is 0 Å². The Kier molecular flexibility index (Phi) is 4.54. The molecule has 132 valence electrons. The Morgan fingerprint density at radius 2 is 1.48 bits per heavy atom. The van der Waals surface area contributed by atoms with Crippen molar-refractivity contribution < 1.29 is 9.53 Å². The van der Waals surface area contributed by atoms with Crippen molar-refractivity contribution in [3.8, 4) is 11.1 Å². The van der Waals surface area contributed by atoms with Crippen LogP contribution in [-0.4, -0.2) is 11.0 Å². The van der Waals surface area contributed by atoms with Crippen molar-refractivity contribution in [2.24, 2.45) is 0 Å². The topological polar surface area (TPSA) is 59.2 Å². The summed E-state index contributed by atoms with van der Waals surface area (Å²) in [6.07, 6.45) is 0. The third-order valence-electron chi connectivity index (χ3n) is 4.40. The van der Waals surface area contributed by atoms with E-state index in [1.807, 2.05) is 66.7 Å². The molecule has 3 aromatic carbocycles. The Balaban J connectivity index is 1.51. The van der Waals surface area contributed by atoms with Crippen LogP contribution in [0.4, 0.5) is 0 Å². The largest absolute Gasteiger partial charge is 0.457 e. The van der Waals surface area contributed by atoms with E-state index in [0.717, 1.165) is 16.7 Å². The van der Waals surface area contributed by atoms with Crippen molar-refractivity contribution in [2.75, 3.05) is 0 Å².